The second kappa shape index (κ2) is 7.45. The molecular weight excluding hydrogens is 292 g/mol. The minimum Gasteiger partial charge on any atom is -0.497 e. The minimum absolute atomic E-state index is 0.0939. The van der Waals surface area contributed by atoms with Crippen molar-refractivity contribution in [2.75, 3.05) is 19.0 Å². The van der Waals surface area contributed by atoms with Crippen molar-refractivity contribution in [2.45, 2.75) is 13.8 Å². The van der Waals surface area contributed by atoms with Crippen LogP contribution in [-0.2, 0) is 4.79 Å². The van der Waals surface area contributed by atoms with Gasteiger partial charge in [-0.25, -0.2) is 0 Å². The fourth-order valence-corrected chi connectivity index (χ4v) is 2.18. The number of aryl methyl sites for hydroxylation is 2. The van der Waals surface area contributed by atoms with Crippen molar-refractivity contribution in [1.82, 2.24) is 5.32 Å². The molecule has 0 aromatic heterocycles. The van der Waals surface area contributed by atoms with E-state index in [0.717, 1.165) is 16.8 Å². The summed E-state index contributed by atoms with van der Waals surface area (Å²) in [5.74, 6) is 0.00487. The Morgan fingerprint density at radius 1 is 1.09 bits per heavy atom. The number of carbonyl (C=O) groups is 2. The number of methoxy groups -OCH3 is 1. The van der Waals surface area contributed by atoms with Gasteiger partial charge in [-0.1, -0.05) is 23.8 Å². The summed E-state index contributed by atoms with van der Waals surface area (Å²) in [6.07, 6.45) is 0. The van der Waals surface area contributed by atoms with Crippen LogP contribution in [0.3, 0.4) is 0 Å². The summed E-state index contributed by atoms with van der Waals surface area (Å²) in [5.41, 5.74) is 3.31. The molecule has 23 heavy (non-hydrogen) atoms. The molecule has 0 aliphatic rings. The summed E-state index contributed by atoms with van der Waals surface area (Å²) in [7, 11) is 1.54. The molecule has 0 bridgehead atoms. The van der Waals surface area contributed by atoms with Crippen LogP contribution in [0.2, 0.25) is 0 Å². The Bertz CT molecular complexity index is 726. The first kappa shape index (κ1) is 16.5. The van der Waals surface area contributed by atoms with Crippen LogP contribution in [0.4, 0.5) is 5.69 Å². The standard InChI is InChI=1S/C18H20N2O3/c1-12-7-8-16(13(2)9-12)20-17(21)11-19-18(22)14-5-4-6-15(10-14)23-3/h4-10H,11H2,1-3H3,(H,19,22)(H,20,21). The van der Waals surface area contributed by atoms with Gasteiger partial charge in [0.05, 0.1) is 13.7 Å². The predicted molar refractivity (Wildman–Crippen MR) is 89.9 cm³/mol. The van der Waals surface area contributed by atoms with Crippen LogP contribution in [0.5, 0.6) is 5.75 Å². The average Bonchev–Trinajstić information content (AvgIpc) is 2.55. The Kier molecular flexibility index (Phi) is 5.36. The Morgan fingerprint density at radius 3 is 2.57 bits per heavy atom. The third-order valence-electron chi connectivity index (χ3n) is 3.40. The minimum atomic E-state index is -0.320. The molecule has 2 N–H and O–H groups in total. The van der Waals surface area contributed by atoms with Crippen molar-refractivity contribution in [1.29, 1.82) is 0 Å². The average molecular weight is 312 g/mol. The van der Waals surface area contributed by atoms with Crippen LogP contribution in [0.1, 0.15) is 21.5 Å². The van der Waals surface area contributed by atoms with Crippen molar-refractivity contribution >= 4 is 17.5 Å². The number of amides is 2. The Morgan fingerprint density at radius 2 is 1.87 bits per heavy atom. The second-order valence-electron chi connectivity index (χ2n) is 5.28. The van der Waals surface area contributed by atoms with E-state index in [2.05, 4.69) is 10.6 Å². The molecule has 0 saturated carbocycles. The van der Waals surface area contributed by atoms with Crippen LogP contribution in [0, 0.1) is 13.8 Å². The summed E-state index contributed by atoms with van der Waals surface area (Å²) >= 11 is 0. The second-order valence-corrected chi connectivity index (χ2v) is 5.28. The number of hydrogen-bond acceptors (Lipinski definition) is 3. The Labute approximate surface area is 135 Å². The Hall–Kier alpha value is -2.82. The molecular formula is C18H20N2O3. The topological polar surface area (TPSA) is 67.4 Å². The SMILES string of the molecule is COc1cccc(C(=O)NCC(=O)Nc2ccc(C)cc2C)c1. The van der Waals surface area contributed by atoms with Gasteiger partial charge in [-0.2, -0.15) is 0 Å². The summed E-state index contributed by atoms with van der Waals surface area (Å²) in [5, 5.41) is 5.38. The summed E-state index contributed by atoms with van der Waals surface area (Å²) in [6.45, 7) is 3.83. The zero-order chi connectivity index (χ0) is 16.8. The van der Waals surface area contributed by atoms with Crippen LogP contribution in [-0.4, -0.2) is 25.5 Å². The molecule has 2 aromatic rings. The molecule has 0 aliphatic carbocycles. The van der Waals surface area contributed by atoms with Crippen molar-refractivity contribution in [3.8, 4) is 5.75 Å². The zero-order valence-corrected chi connectivity index (χ0v) is 13.5. The molecule has 0 atom stereocenters. The molecule has 0 saturated heterocycles. The maximum Gasteiger partial charge on any atom is 0.251 e. The quantitative estimate of drug-likeness (QED) is 0.892. The van der Waals surface area contributed by atoms with E-state index in [1.165, 1.54) is 7.11 Å². The van der Waals surface area contributed by atoms with E-state index in [-0.39, 0.29) is 18.4 Å². The maximum absolute atomic E-state index is 12.0. The van der Waals surface area contributed by atoms with Gasteiger partial charge in [0, 0.05) is 11.3 Å². The number of benzene rings is 2. The van der Waals surface area contributed by atoms with E-state index >= 15 is 0 Å². The van der Waals surface area contributed by atoms with Gasteiger partial charge in [0.15, 0.2) is 0 Å². The molecule has 2 rings (SSSR count). The van der Waals surface area contributed by atoms with Crippen molar-refractivity contribution in [3.05, 3.63) is 59.2 Å². The Balaban J connectivity index is 1.92. The molecule has 0 spiro atoms. The van der Waals surface area contributed by atoms with Crippen molar-refractivity contribution < 1.29 is 14.3 Å². The maximum atomic E-state index is 12.0. The lowest BCUT2D eigenvalue weighted by molar-refractivity contribution is -0.115. The van der Waals surface area contributed by atoms with E-state index in [9.17, 15) is 9.59 Å². The first-order chi connectivity index (χ1) is 11.0. The lowest BCUT2D eigenvalue weighted by Crippen LogP contribution is -2.33. The van der Waals surface area contributed by atoms with Crippen molar-refractivity contribution in [3.63, 3.8) is 0 Å². The molecule has 5 heteroatoms. The number of carbonyl (C=O) groups excluding carboxylic acids is 2. The monoisotopic (exact) mass is 312 g/mol. The highest BCUT2D eigenvalue weighted by atomic mass is 16.5. The van der Waals surface area contributed by atoms with E-state index in [1.807, 2.05) is 32.0 Å². The third kappa shape index (κ3) is 4.57. The van der Waals surface area contributed by atoms with Crippen LogP contribution in [0.25, 0.3) is 0 Å². The van der Waals surface area contributed by atoms with E-state index in [0.29, 0.717) is 11.3 Å². The highest BCUT2D eigenvalue weighted by molar-refractivity contribution is 5.99. The highest BCUT2D eigenvalue weighted by Crippen LogP contribution is 2.16. The van der Waals surface area contributed by atoms with E-state index in [4.69, 9.17) is 4.74 Å². The lowest BCUT2D eigenvalue weighted by Gasteiger charge is -2.10. The first-order valence-electron chi connectivity index (χ1n) is 7.29. The van der Waals surface area contributed by atoms with Gasteiger partial charge in [-0.15, -0.1) is 0 Å². The summed E-state index contributed by atoms with van der Waals surface area (Å²) < 4.78 is 5.07. The summed E-state index contributed by atoms with van der Waals surface area (Å²) in [6, 6.07) is 12.5. The van der Waals surface area contributed by atoms with E-state index < -0.39 is 0 Å². The molecule has 5 nitrogen and oxygen atoms in total. The number of anilines is 1. The largest absolute Gasteiger partial charge is 0.497 e. The zero-order valence-electron chi connectivity index (χ0n) is 13.5. The fraction of sp³-hybridized carbons (Fsp3) is 0.222. The van der Waals surface area contributed by atoms with Crippen LogP contribution in [0.15, 0.2) is 42.5 Å². The smallest absolute Gasteiger partial charge is 0.251 e. The fourth-order valence-electron chi connectivity index (χ4n) is 2.18. The number of hydrogen-bond donors (Lipinski definition) is 2. The van der Waals surface area contributed by atoms with Gasteiger partial charge in [0.2, 0.25) is 5.91 Å². The molecule has 0 radical (unpaired) electrons. The lowest BCUT2D eigenvalue weighted by atomic mass is 10.1. The molecule has 0 aliphatic heterocycles. The molecule has 0 heterocycles. The molecule has 0 unspecified atom stereocenters. The van der Waals surface area contributed by atoms with Gasteiger partial charge < -0.3 is 15.4 Å². The van der Waals surface area contributed by atoms with Gasteiger partial charge in [-0.05, 0) is 43.7 Å². The predicted octanol–water partition coefficient (Wildman–Crippen LogP) is 2.68. The van der Waals surface area contributed by atoms with Crippen LogP contribution < -0.4 is 15.4 Å². The number of rotatable bonds is 5. The van der Waals surface area contributed by atoms with Crippen molar-refractivity contribution in [2.24, 2.45) is 0 Å². The normalized spacial score (nSPS) is 10.0. The molecule has 2 aromatic carbocycles. The molecule has 0 fully saturated rings. The molecule has 2 amide bonds. The number of nitrogens with one attached hydrogen (secondary N) is 2. The van der Waals surface area contributed by atoms with Gasteiger partial charge in [0.1, 0.15) is 5.75 Å². The van der Waals surface area contributed by atoms with Gasteiger partial charge in [-0.3, -0.25) is 9.59 Å². The van der Waals surface area contributed by atoms with Gasteiger partial charge in [0.25, 0.3) is 5.91 Å². The van der Waals surface area contributed by atoms with Crippen LogP contribution >= 0.6 is 0 Å². The molecule has 120 valence electrons. The van der Waals surface area contributed by atoms with Gasteiger partial charge >= 0.3 is 0 Å². The van der Waals surface area contributed by atoms with E-state index in [1.54, 1.807) is 24.3 Å². The number of ether oxygens (including phenoxy) is 1. The summed E-state index contributed by atoms with van der Waals surface area (Å²) in [4.78, 5) is 24.0. The highest BCUT2D eigenvalue weighted by Gasteiger charge is 2.10. The first-order valence-corrected chi connectivity index (χ1v) is 7.29. The third-order valence-corrected chi connectivity index (χ3v) is 3.40.